The lowest BCUT2D eigenvalue weighted by atomic mass is 10.1. The van der Waals surface area contributed by atoms with E-state index in [4.69, 9.17) is 4.74 Å². The summed E-state index contributed by atoms with van der Waals surface area (Å²) in [6, 6.07) is 7.82. The number of nitrogens with zero attached hydrogens (tertiary/aromatic N) is 1. The maximum atomic E-state index is 12.3. The molecular formula is C18H22N2O3. The van der Waals surface area contributed by atoms with Crippen LogP contribution in [0.2, 0.25) is 0 Å². The number of H-pyrrole nitrogens is 1. The van der Waals surface area contributed by atoms with Crippen LogP contribution in [0.4, 0.5) is 0 Å². The van der Waals surface area contributed by atoms with Gasteiger partial charge in [-0.2, -0.15) is 0 Å². The first-order valence-electron chi connectivity index (χ1n) is 8.18. The molecule has 1 aromatic carbocycles. The first-order chi connectivity index (χ1) is 11.1. The summed E-state index contributed by atoms with van der Waals surface area (Å²) in [4.78, 5) is 29.4. The number of para-hydroxylation sites is 1. The number of piperidine rings is 1. The van der Waals surface area contributed by atoms with Crippen molar-refractivity contribution in [3.8, 4) is 0 Å². The van der Waals surface area contributed by atoms with E-state index in [2.05, 4.69) is 4.98 Å². The van der Waals surface area contributed by atoms with Crippen LogP contribution in [0.3, 0.4) is 0 Å². The Bertz CT molecular complexity index is 701. The van der Waals surface area contributed by atoms with Gasteiger partial charge >= 0.3 is 5.97 Å². The fourth-order valence-corrected chi connectivity index (χ4v) is 3.09. The van der Waals surface area contributed by atoms with Crippen LogP contribution in [0.25, 0.3) is 10.9 Å². The van der Waals surface area contributed by atoms with Gasteiger partial charge in [-0.05, 0) is 37.8 Å². The van der Waals surface area contributed by atoms with Crippen molar-refractivity contribution in [2.45, 2.75) is 38.7 Å². The number of hydrogen-bond acceptors (Lipinski definition) is 3. The molecule has 1 fully saturated rings. The summed E-state index contributed by atoms with van der Waals surface area (Å²) in [7, 11) is 0. The Morgan fingerprint density at radius 3 is 2.74 bits per heavy atom. The maximum Gasteiger partial charge on any atom is 0.311 e. The summed E-state index contributed by atoms with van der Waals surface area (Å²) >= 11 is 0. The molecular weight excluding hydrogens is 292 g/mol. The Morgan fingerprint density at radius 1 is 1.22 bits per heavy atom. The second kappa shape index (κ2) is 6.86. The Morgan fingerprint density at radius 2 is 1.96 bits per heavy atom. The number of carbonyl (C=O) groups excluding carboxylic acids is 2. The molecule has 1 N–H and O–H groups in total. The second-order valence-corrected chi connectivity index (χ2v) is 6.05. The fraction of sp³-hybridized carbons (Fsp3) is 0.444. The average Bonchev–Trinajstić information content (AvgIpc) is 2.98. The number of fused-ring (bicyclic) bond motifs is 1. The van der Waals surface area contributed by atoms with Gasteiger partial charge in [0.15, 0.2) is 6.10 Å². The Hall–Kier alpha value is -2.30. The van der Waals surface area contributed by atoms with E-state index < -0.39 is 6.10 Å². The van der Waals surface area contributed by atoms with E-state index in [0.717, 1.165) is 42.4 Å². The molecule has 0 bridgehead atoms. The first kappa shape index (κ1) is 15.6. The van der Waals surface area contributed by atoms with Gasteiger partial charge in [0.2, 0.25) is 0 Å². The molecule has 1 aliphatic heterocycles. The van der Waals surface area contributed by atoms with Gasteiger partial charge in [0.1, 0.15) is 0 Å². The van der Waals surface area contributed by atoms with Crippen molar-refractivity contribution in [2.75, 3.05) is 13.1 Å². The number of esters is 1. The van der Waals surface area contributed by atoms with Crippen LogP contribution in [-0.4, -0.2) is 41.0 Å². The molecule has 1 aliphatic rings. The molecule has 1 aromatic heterocycles. The van der Waals surface area contributed by atoms with Gasteiger partial charge in [-0.25, -0.2) is 0 Å². The zero-order valence-electron chi connectivity index (χ0n) is 13.4. The highest BCUT2D eigenvalue weighted by Gasteiger charge is 2.25. The van der Waals surface area contributed by atoms with E-state index in [0.29, 0.717) is 0 Å². The SMILES string of the molecule is C[C@@H](OC(=O)Cc1c[nH]c2ccccc12)C(=O)N1CCCCC1. The monoisotopic (exact) mass is 314 g/mol. The number of ether oxygens (including phenoxy) is 1. The predicted molar refractivity (Wildman–Crippen MR) is 88.0 cm³/mol. The van der Waals surface area contributed by atoms with Crippen molar-refractivity contribution < 1.29 is 14.3 Å². The number of amides is 1. The summed E-state index contributed by atoms with van der Waals surface area (Å²) < 4.78 is 5.34. The molecule has 2 heterocycles. The van der Waals surface area contributed by atoms with Gasteiger partial charge in [0.25, 0.3) is 5.91 Å². The van der Waals surface area contributed by atoms with Crippen LogP contribution < -0.4 is 0 Å². The van der Waals surface area contributed by atoms with E-state index in [1.54, 1.807) is 11.8 Å². The quantitative estimate of drug-likeness (QED) is 0.883. The van der Waals surface area contributed by atoms with Crippen LogP contribution in [0.1, 0.15) is 31.7 Å². The number of likely N-dealkylation sites (tertiary alicyclic amines) is 1. The molecule has 3 rings (SSSR count). The maximum absolute atomic E-state index is 12.3. The first-order valence-corrected chi connectivity index (χ1v) is 8.18. The lowest BCUT2D eigenvalue weighted by Gasteiger charge is -2.28. The highest BCUT2D eigenvalue weighted by Crippen LogP contribution is 2.19. The minimum atomic E-state index is -0.717. The lowest BCUT2D eigenvalue weighted by Crippen LogP contribution is -2.42. The van der Waals surface area contributed by atoms with Crippen LogP contribution in [0.5, 0.6) is 0 Å². The molecule has 0 radical (unpaired) electrons. The number of benzene rings is 1. The second-order valence-electron chi connectivity index (χ2n) is 6.05. The van der Waals surface area contributed by atoms with Gasteiger partial charge in [-0.15, -0.1) is 0 Å². The molecule has 5 heteroatoms. The molecule has 122 valence electrons. The van der Waals surface area contributed by atoms with Gasteiger partial charge in [-0.3, -0.25) is 9.59 Å². The van der Waals surface area contributed by atoms with Gasteiger partial charge in [0.05, 0.1) is 6.42 Å². The Balaban J connectivity index is 1.59. The molecule has 2 aromatic rings. The van der Waals surface area contributed by atoms with E-state index in [9.17, 15) is 9.59 Å². The largest absolute Gasteiger partial charge is 0.452 e. The molecule has 1 saturated heterocycles. The number of aromatic nitrogens is 1. The summed E-state index contributed by atoms with van der Waals surface area (Å²) in [6.07, 6.45) is 4.50. The van der Waals surface area contributed by atoms with Crippen molar-refractivity contribution in [3.63, 3.8) is 0 Å². The molecule has 0 aliphatic carbocycles. The molecule has 0 spiro atoms. The lowest BCUT2D eigenvalue weighted by molar-refractivity contribution is -0.159. The van der Waals surface area contributed by atoms with Crippen molar-refractivity contribution >= 4 is 22.8 Å². The normalized spacial score (nSPS) is 16.3. The number of carbonyl (C=O) groups is 2. The zero-order valence-corrected chi connectivity index (χ0v) is 13.4. The van der Waals surface area contributed by atoms with Crippen LogP contribution >= 0.6 is 0 Å². The predicted octanol–water partition coefficient (Wildman–Crippen LogP) is 2.65. The van der Waals surface area contributed by atoms with E-state index in [1.807, 2.05) is 30.5 Å². The summed E-state index contributed by atoms with van der Waals surface area (Å²) in [6.45, 7) is 3.19. The summed E-state index contributed by atoms with van der Waals surface area (Å²) in [5, 5.41) is 1.01. The van der Waals surface area contributed by atoms with E-state index >= 15 is 0 Å². The Labute approximate surface area is 135 Å². The third-order valence-electron chi connectivity index (χ3n) is 4.33. The summed E-state index contributed by atoms with van der Waals surface area (Å²) in [5.74, 6) is -0.454. The minimum absolute atomic E-state index is 0.0861. The highest BCUT2D eigenvalue weighted by atomic mass is 16.5. The van der Waals surface area contributed by atoms with Crippen LogP contribution in [-0.2, 0) is 20.7 Å². The average molecular weight is 314 g/mol. The van der Waals surface area contributed by atoms with Crippen LogP contribution in [0.15, 0.2) is 30.5 Å². The Kier molecular flexibility index (Phi) is 4.65. The van der Waals surface area contributed by atoms with Crippen molar-refractivity contribution in [1.29, 1.82) is 0 Å². The smallest absolute Gasteiger partial charge is 0.311 e. The van der Waals surface area contributed by atoms with Gasteiger partial charge in [0, 0.05) is 30.2 Å². The molecule has 5 nitrogen and oxygen atoms in total. The third-order valence-corrected chi connectivity index (χ3v) is 4.33. The topological polar surface area (TPSA) is 62.4 Å². The fourth-order valence-electron chi connectivity index (χ4n) is 3.09. The van der Waals surface area contributed by atoms with Crippen LogP contribution in [0, 0.1) is 0 Å². The molecule has 23 heavy (non-hydrogen) atoms. The number of hydrogen-bond donors (Lipinski definition) is 1. The molecule has 1 amide bonds. The number of rotatable bonds is 4. The number of aromatic amines is 1. The minimum Gasteiger partial charge on any atom is -0.452 e. The zero-order chi connectivity index (χ0) is 16.2. The molecule has 0 unspecified atom stereocenters. The summed E-state index contributed by atoms with van der Waals surface area (Å²) in [5.41, 5.74) is 1.89. The number of nitrogens with one attached hydrogen (secondary N) is 1. The highest BCUT2D eigenvalue weighted by molar-refractivity contribution is 5.88. The van der Waals surface area contributed by atoms with E-state index in [-0.39, 0.29) is 18.3 Å². The van der Waals surface area contributed by atoms with Gasteiger partial charge in [-0.1, -0.05) is 18.2 Å². The molecule has 0 saturated carbocycles. The standard InChI is InChI=1S/C18H22N2O3/c1-13(18(22)20-9-5-2-6-10-20)23-17(21)11-14-12-19-16-8-4-3-7-15(14)16/h3-4,7-8,12-13,19H,2,5-6,9-11H2,1H3/t13-/m1/s1. The van der Waals surface area contributed by atoms with Crippen molar-refractivity contribution in [2.24, 2.45) is 0 Å². The molecule has 1 atom stereocenters. The van der Waals surface area contributed by atoms with Crippen molar-refractivity contribution in [1.82, 2.24) is 9.88 Å². The van der Waals surface area contributed by atoms with E-state index in [1.165, 1.54) is 6.42 Å². The third kappa shape index (κ3) is 3.55. The van der Waals surface area contributed by atoms with Crippen molar-refractivity contribution in [3.05, 3.63) is 36.0 Å². The van der Waals surface area contributed by atoms with Gasteiger partial charge < -0.3 is 14.6 Å².